The maximum absolute atomic E-state index is 13.0. The predicted molar refractivity (Wildman–Crippen MR) is 454 cm³/mol. The summed E-state index contributed by atoms with van der Waals surface area (Å²) in [5.41, 5.74) is 0. The SMILES string of the molecule is CC/C=C\C/C=C\C/C=C\C/C=C\C/C=C\CCCCCC(=O)OC(COC(=O)CCCCCCC/C=C\C/C=C\C/C=C\C/C=C\CCCCC)COP(=O)(O)OCC(O)COP(=O)(O)OCC(O)COC(=O)CCCCCCCCCCCCCCCCCCC/C=C\C/C=C\C/C=C\C/C=C\CCCCC. The number of hydrogen-bond donors (Lipinski definition) is 4. The van der Waals surface area contributed by atoms with Gasteiger partial charge in [0.15, 0.2) is 6.10 Å². The number of rotatable bonds is 80. The van der Waals surface area contributed by atoms with Crippen molar-refractivity contribution in [3.8, 4) is 0 Å². The average Bonchev–Trinajstić information content (AvgIpc) is 0.900. The lowest BCUT2D eigenvalue weighted by molar-refractivity contribution is -0.161. The molecule has 16 nitrogen and oxygen atoms in total. The van der Waals surface area contributed by atoms with Crippen molar-refractivity contribution < 1.29 is 75.8 Å². The molecular formula is C91H154O16P2. The maximum Gasteiger partial charge on any atom is 0.472 e. The molecule has 0 aliphatic rings. The van der Waals surface area contributed by atoms with Crippen LogP contribution in [-0.2, 0) is 55.8 Å². The number of unbranched alkanes of at least 4 members (excludes halogenated alkanes) is 31. The van der Waals surface area contributed by atoms with Crippen LogP contribution in [0.1, 0.15) is 342 Å². The van der Waals surface area contributed by atoms with Crippen molar-refractivity contribution in [3.63, 3.8) is 0 Å². The van der Waals surface area contributed by atoms with E-state index in [9.17, 15) is 43.5 Å². The van der Waals surface area contributed by atoms with E-state index in [1.54, 1.807) is 0 Å². The average molecular weight is 1570 g/mol. The summed E-state index contributed by atoms with van der Waals surface area (Å²) in [7, 11) is -9.82. The second-order valence-corrected chi connectivity index (χ2v) is 31.2. The van der Waals surface area contributed by atoms with E-state index in [0.717, 1.165) is 141 Å². The number of hydrogen-bond acceptors (Lipinski definition) is 14. The number of aliphatic hydroxyl groups excluding tert-OH is 2. The van der Waals surface area contributed by atoms with Crippen LogP contribution in [0.15, 0.2) is 158 Å². The number of allylic oxidation sites excluding steroid dienone is 26. The van der Waals surface area contributed by atoms with Crippen molar-refractivity contribution in [2.24, 2.45) is 0 Å². The Labute approximate surface area is 663 Å². The Morgan fingerprint density at radius 3 is 0.780 bits per heavy atom. The molecule has 0 aromatic carbocycles. The minimum Gasteiger partial charge on any atom is -0.463 e. The Morgan fingerprint density at radius 2 is 0.486 bits per heavy atom. The Bertz CT molecular complexity index is 2610. The Hall–Kier alpha value is -4.83. The van der Waals surface area contributed by atoms with E-state index in [-0.39, 0.29) is 19.3 Å². The molecule has 0 rings (SSSR count). The summed E-state index contributed by atoms with van der Waals surface area (Å²) < 4.78 is 61.2. The molecule has 0 saturated heterocycles. The van der Waals surface area contributed by atoms with Crippen LogP contribution in [0, 0.1) is 0 Å². The lowest BCUT2D eigenvalue weighted by atomic mass is 10.0. The van der Waals surface area contributed by atoms with E-state index >= 15 is 0 Å². The minimum atomic E-state index is -4.95. The van der Waals surface area contributed by atoms with Crippen molar-refractivity contribution in [2.75, 3.05) is 39.6 Å². The molecule has 0 heterocycles. The van der Waals surface area contributed by atoms with Crippen molar-refractivity contribution in [3.05, 3.63) is 158 Å². The summed E-state index contributed by atoms with van der Waals surface area (Å²) in [6, 6.07) is 0. The van der Waals surface area contributed by atoms with E-state index < -0.39 is 91.5 Å². The van der Waals surface area contributed by atoms with Gasteiger partial charge in [-0.25, -0.2) is 9.13 Å². The number of aliphatic hydroxyl groups is 2. The van der Waals surface area contributed by atoms with Crippen molar-refractivity contribution in [2.45, 2.75) is 360 Å². The summed E-state index contributed by atoms with van der Waals surface area (Å²) in [5.74, 6) is -1.63. The minimum absolute atomic E-state index is 0.0561. The fourth-order valence-corrected chi connectivity index (χ4v) is 12.8. The number of phosphoric acid groups is 2. The van der Waals surface area contributed by atoms with Crippen LogP contribution < -0.4 is 0 Å². The summed E-state index contributed by atoms with van der Waals surface area (Å²) >= 11 is 0. The number of carbonyl (C=O) groups is 3. The molecule has 5 atom stereocenters. The second kappa shape index (κ2) is 82.6. The Kier molecular flexibility index (Phi) is 79.0. The zero-order chi connectivity index (χ0) is 79.4. The summed E-state index contributed by atoms with van der Waals surface area (Å²) in [6.07, 6.45) is 104. The number of carbonyl (C=O) groups excluding carboxylic acids is 3. The summed E-state index contributed by atoms with van der Waals surface area (Å²) in [4.78, 5) is 58.8. The van der Waals surface area contributed by atoms with E-state index in [1.165, 1.54) is 141 Å². The fourth-order valence-electron chi connectivity index (χ4n) is 11.2. The monoisotopic (exact) mass is 1570 g/mol. The molecule has 0 aromatic heterocycles. The molecule has 0 amide bonds. The van der Waals surface area contributed by atoms with Gasteiger partial charge in [0.05, 0.1) is 26.4 Å². The van der Waals surface area contributed by atoms with Gasteiger partial charge in [0.25, 0.3) is 0 Å². The molecule has 0 aromatic rings. The summed E-state index contributed by atoms with van der Waals surface area (Å²) in [6.45, 7) is 2.46. The van der Waals surface area contributed by atoms with Gasteiger partial charge < -0.3 is 34.2 Å². The van der Waals surface area contributed by atoms with Crippen LogP contribution in [0.5, 0.6) is 0 Å². The molecular weight excluding hydrogens is 1410 g/mol. The molecule has 0 bridgehead atoms. The van der Waals surface area contributed by atoms with Gasteiger partial charge >= 0.3 is 33.6 Å². The van der Waals surface area contributed by atoms with Gasteiger partial charge in [-0.3, -0.25) is 32.5 Å². The molecule has 109 heavy (non-hydrogen) atoms. The molecule has 5 unspecified atom stereocenters. The van der Waals surface area contributed by atoms with Crippen LogP contribution in [0.4, 0.5) is 0 Å². The molecule has 0 spiro atoms. The zero-order valence-electron chi connectivity index (χ0n) is 68.4. The highest BCUT2D eigenvalue weighted by Crippen LogP contribution is 2.45. The molecule has 0 aliphatic carbocycles. The normalized spacial score (nSPS) is 14.7. The van der Waals surface area contributed by atoms with Gasteiger partial charge in [-0.2, -0.15) is 0 Å². The Morgan fingerprint density at radius 1 is 0.266 bits per heavy atom. The molecule has 18 heteroatoms. The van der Waals surface area contributed by atoms with E-state index in [2.05, 4.69) is 179 Å². The molecule has 0 radical (unpaired) electrons. The Balaban J connectivity index is 4.55. The topological polar surface area (TPSA) is 231 Å². The highest BCUT2D eigenvalue weighted by atomic mass is 31.2. The third-order valence-corrected chi connectivity index (χ3v) is 19.6. The van der Waals surface area contributed by atoms with Crippen molar-refractivity contribution in [1.82, 2.24) is 0 Å². The summed E-state index contributed by atoms with van der Waals surface area (Å²) in [5, 5.41) is 20.7. The highest BCUT2D eigenvalue weighted by Gasteiger charge is 2.29. The predicted octanol–water partition coefficient (Wildman–Crippen LogP) is 25.8. The molecule has 4 N–H and O–H groups in total. The van der Waals surface area contributed by atoms with Gasteiger partial charge in [-0.15, -0.1) is 0 Å². The third kappa shape index (κ3) is 83.9. The standard InChI is InChI=1S/C91H154O16P2/c1-4-7-10-13-16-19-22-25-28-31-34-36-37-38-39-40-41-42-43-44-45-46-47-49-52-53-56-59-62-65-68-71-74-77-89(94)101-80-86(92)81-103-108(97,98)104-82-87(93)83-105-109(99,100)106-85-88(107-91(96)79-76-73-70-67-64-61-58-55-50-33-30-27-24-21-18-15-12-9-6-3)84-102-90(95)78-75-72-69-66-63-60-57-54-51-48-35-32-29-26-23-20-17-14-11-8-5-2/h9,12,16-21,25-30,34-36,38-39,48,50,54-55,57,61,64,86-88,92-93H,4-8,10-11,13-15,22-24,31-33,37,40-47,49,51-53,56,58-60,62-63,65-85H2,1-3H3,(H,97,98)(H,99,100)/b12-9-,19-16-,20-17-,21-18-,28-25-,29-26-,30-27-,36-34-,39-38-,48-35-,55-50-,57-54-,64-61-. The first kappa shape index (κ1) is 104. The van der Waals surface area contributed by atoms with Gasteiger partial charge in [0.1, 0.15) is 25.4 Å². The first-order valence-electron chi connectivity index (χ1n) is 42.8. The smallest absolute Gasteiger partial charge is 0.463 e. The van der Waals surface area contributed by atoms with Crippen LogP contribution in [0.25, 0.3) is 0 Å². The van der Waals surface area contributed by atoms with Crippen molar-refractivity contribution in [1.29, 1.82) is 0 Å². The molecule has 0 saturated carbocycles. The lowest BCUT2D eigenvalue weighted by Crippen LogP contribution is -2.30. The second-order valence-electron chi connectivity index (χ2n) is 28.2. The largest absolute Gasteiger partial charge is 0.472 e. The zero-order valence-corrected chi connectivity index (χ0v) is 70.2. The van der Waals surface area contributed by atoms with E-state index in [0.29, 0.717) is 19.3 Å². The quantitative estimate of drug-likeness (QED) is 0.0146. The fraction of sp³-hybridized carbons (Fsp3) is 0.681. The van der Waals surface area contributed by atoms with Gasteiger partial charge in [0.2, 0.25) is 0 Å². The molecule has 624 valence electrons. The van der Waals surface area contributed by atoms with Crippen LogP contribution in [-0.4, -0.2) is 95.9 Å². The molecule has 0 fully saturated rings. The van der Waals surface area contributed by atoms with Crippen LogP contribution in [0.2, 0.25) is 0 Å². The van der Waals surface area contributed by atoms with Gasteiger partial charge in [0, 0.05) is 19.3 Å². The van der Waals surface area contributed by atoms with Crippen molar-refractivity contribution >= 4 is 33.6 Å². The van der Waals surface area contributed by atoms with E-state index in [4.69, 9.17) is 32.3 Å². The first-order chi connectivity index (χ1) is 53.2. The number of esters is 3. The number of phosphoric ester groups is 2. The van der Waals surface area contributed by atoms with Gasteiger partial charge in [-0.05, 0) is 154 Å². The first-order valence-corrected chi connectivity index (χ1v) is 45.8. The van der Waals surface area contributed by atoms with E-state index in [1.807, 2.05) is 0 Å². The highest BCUT2D eigenvalue weighted by molar-refractivity contribution is 7.47. The number of ether oxygens (including phenoxy) is 3. The lowest BCUT2D eigenvalue weighted by Gasteiger charge is -2.21. The van der Waals surface area contributed by atoms with Gasteiger partial charge in [-0.1, -0.05) is 326 Å². The van der Waals surface area contributed by atoms with Crippen LogP contribution in [0.3, 0.4) is 0 Å². The maximum atomic E-state index is 13.0. The molecule has 0 aliphatic heterocycles. The third-order valence-electron chi connectivity index (χ3n) is 17.7. The van der Waals surface area contributed by atoms with Crippen LogP contribution >= 0.6 is 15.6 Å².